The molecule has 0 bridgehead atoms. The van der Waals surface area contributed by atoms with Crippen LogP contribution in [0.2, 0.25) is 0 Å². The van der Waals surface area contributed by atoms with Crippen LogP contribution in [0.25, 0.3) is 66.8 Å². The molecule has 2 aliphatic carbocycles. The summed E-state index contributed by atoms with van der Waals surface area (Å²) in [5.41, 5.74) is 5.96. The van der Waals surface area contributed by atoms with E-state index in [1.165, 1.54) is 30.3 Å². The number of hydrogen-bond donors (Lipinski definition) is 2. The van der Waals surface area contributed by atoms with Crippen molar-refractivity contribution in [3.8, 4) is 44.9 Å². The van der Waals surface area contributed by atoms with Gasteiger partial charge in [-0.15, -0.1) is 0 Å². The lowest BCUT2D eigenvalue weighted by atomic mass is 9.89. The molecule has 14 heteroatoms. The van der Waals surface area contributed by atoms with E-state index in [4.69, 9.17) is 8.83 Å². The van der Waals surface area contributed by atoms with Gasteiger partial charge in [0.05, 0.1) is 35.2 Å². The average Bonchev–Trinajstić information content (AvgIpc) is 3.26. The van der Waals surface area contributed by atoms with E-state index < -0.39 is 23.9 Å². The largest absolute Gasteiger partial charge is 0.545 e. The van der Waals surface area contributed by atoms with Gasteiger partial charge in [0, 0.05) is 96.9 Å². The Labute approximate surface area is 367 Å². The summed E-state index contributed by atoms with van der Waals surface area (Å²) in [6.07, 6.45) is 0. The van der Waals surface area contributed by atoms with E-state index in [0.29, 0.717) is 55.9 Å². The molecule has 0 atom stereocenters. The van der Waals surface area contributed by atoms with Crippen LogP contribution < -0.4 is 39.9 Å². The molecule has 14 nitrogen and oxygen atoms in total. The first-order valence-corrected chi connectivity index (χ1v) is 19.9. The van der Waals surface area contributed by atoms with Gasteiger partial charge in [0.25, 0.3) is 0 Å². The Morgan fingerprint density at radius 3 is 1.33 bits per heavy atom. The van der Waals surface area contributed by atoms with Gasteiger partial charge in [-0.05, 0) is 76.9 Å². The maximum absolute atomic E-state index is 12.1. The Balaban J connectivity index is 0.000000191. The number of carboxylic acid groups (broad SMARTS) is 4. The van der Waals surface area contributed by atoms with Gasteiger partial charge < -0.3 is 48.6 Å². The summed E-state index contributed by atoms with van der Waals surface area (Å²) in [5.74, 6) is -4.02. The molecule has 0 spiro atoms. The molecule has 4 aromatic carbocycles. The van der Waals surface area contributed by atoms with Crippen LogP contribution in [0.5, 0.6) is 0 Å². The van der Waals surface area contributed by atoms with Crippen molar-refractivity contribution in [2.24, 2.45) is 0 Å². The Kier molecular flexibility index (Phi) is 11.8. The lowest BCUT2D eigenvalue weighted by Crippen LogP contribution is -2.22. The maximum Gasteiger partial charge on any atom is 0.336 e. The maximum atomic E-state index is 12.1. The lowest BCUT2D eigenvalue weighted by Gasteiger charge is -2.19. The van der Waals surface area contributed by atoms with Crippen LogP contribution in [0.15, 0.2) is 118 Å². The Bertz CT molecular complexity index is 3300. The van der Waals surface area contributed by atoms with Crippen molar-refractivity contribution >= 4 is 57.2 Å². The van der Waals surface area contributed by atoms with Gasteiger partial charge in [-0.2, -0.15) is 0 Å². The zero-order valence-corrected chi connectivity index (χ0v) is 36.3. The van der Waals surface area contributed by atoms with Crippen molar-refractivity contribution in [1.82, 2.24) is 9.15 Å². The van der Waals surface area contributed by atoms with Gasteiger partial charge >= 0.3 is 11.9 Å². The number of nitrogens with zero attached hydrogens (tertiary/aromatic N) is 4. The van der Waals surface area contributed by atoms with Gasteiger partial charge in [-0.25, -0.2) is 18.7 Å². The first kappa shape index (κ1) is 43.8. The van der Waals surface area contributed by atoms with Gasteiger partial charge in [0.15, 0.2) is 0 Å². The molecule has 0 saturated carbocycles. The number of fused-ring (bicyclic) bond motifs is 4. The zero-order valence-electron chi connectivity index (χ0n) is 36.3. The first-order chi connectivity index (χ1) is 30.3. The predicted molar refractivity (Wildman–Crippen MR) is 242 cm³/mol. The van der Waals surface area contributed by atoms with Crippen LogP contribution in [-0.4, -0.2) is 90.5 Å². The van der Waals surface area contributed by atoms with Crippen LogP contribution in [0.4, 0.5) is 11.4 Å². The second-order valence-electron chi connectivity index (χ2n) is 16.0. The monoisotopic (exact) mass is 860 g/mol. The minimum absolute atomic E-state index is 0.00262. The number of hydrogen-bond acceptors (Lipinski definition) is 10. The summed E-state index contributed by atoms with van der Waals surface area (Å²) < 4.78 is 16.4. The van der Waals surface area contributed by atoms with Crippen LogP contribution in [0.1, 0.15) is 41.4 Å². The van der Waals surface area contributed by atoms with E-state index in [1.807, 2.05) is 148 Å². The topological polar surface area (TPSA) is 194 Å². The number of carbonyl (C=O) groups excluding carboxylic acids is 2. The molecule has 2 heterocycles. The van der Waals surface area contributed by atoms with Crippen LogP contribution in [0, 0.1) is 0 Å². The van der Waals surface area contributed by atoms with Crippen molar-refractivity contribution in [2.45, 2.75) is 0 Å². The smallest absolute Gasteiger partial charge is 0.336 e. The fourth-order valence-electron chi connectivity index (χ4n) is 7.56. The highest BCUT2D eigenvalue weighted by molar-refractivity contribution is 6.10. The van der Waals surface area contributed by atoms with E-state index in [2.05, 4.69) is 0 Å². The Hall–Kier alpha value is -8.26. The molecule has 0 amide bonds. The highest BCUT2D eigenvalue weighted by atomic mass is 16.4. The van der Waals surface area contributed by atoms with E-state index >= 15 is 0 Å². The minimum Gasteiger partial charge on any atom is -0.545 e. The van der Waals surface area contributed by atoms with Crippen LogP contribution >= 0.6 is 0 Å². The molecule has 0 saturated heterocycles. The number of anilines is 2. The summed E-state index contributed by atoms with van der Waals surface area (Å²) in [4.78, 5) is 50.9. The molecular weight excluding hydrogens is 817 g/mol. The Morgan fingerprint density at radius 2 is 0.906 bits per heavy atom. The third-order valence-electron chi connectivity index (χ3n) is 11.0. The first-order valence-electron chi connectivity index (χ1n) is 19.9. The normalized spacial score (nSPS) is 11.0. The van der Waals surface area contributed by atoms with Crippen molar-refractivity contribution in [3.63, 3.8) is 0 Å². The van der Waals surface area contributed by atoms with Crippen molar-refractivity contribution in [1.29, 1.82) is 0 Å². The number of carbonyl (C=O) groups is 4. The molecule has 2 aliphatic heterocycles. The summed E-state index contributed by atoms with van der Waals surface area (Å²) >= 11 is 0. The molecule has 2 N–H and O–H groups in total. The predicted octanol–water partition coefficient (Wildman–Crippen LogP) is 4.73. The third kappa shape index (κ3) is 8.36. The zero-order chi connectivity index (χ0) is 46.3. The number of aromatic carboxylic acids is 4. The highest BCUT2D eigenvalue weighted by Gasteiger charge is 2.25. The molecule has 4 aliphatic rings. The van der Waals surface area contributed by atoms with E-state index in [1.54, 1.807) is 0 Å². The molecule has 8 rings (SSSR count). The molecule has 324 valence electrons. The van der Waals surface area contributed by atoms with Crippen molar-refractivity contribution < 1.29 is 48.4 Å². The van der Waals surface area contributed by atoms with Crippen LogP contribution in [0.3, 0.4) is 0 Å². The lowest BCUT2D eigenvalue weighted by molar-refractivity contribution is -0.256. The SMILES string of the molecule is CN(C)c1ccc2c(-c3cc(C(=O)[O-])ccc3C(=O)O)c3ccc(=[N+](C)C)cc-3oc2c1.CN(C)c1ccc2c(-c3ccc(C(=O)[O-])cc3C(=O)O)c3ccc(=[N+](C)C)cc-3oc2c1. The summed E-state index contributed by atoms with van der Waals surface area (Å²) in [5, 5.41) is 45.8. The van der Waals surface area contributed by atoms with Gasteiger partial charge in [0.1, 0.15) is 50.9 Å². The van der Waals surface area contributed by atoms with Gasteiger partial charge in [0.2, 0.25) is 10.7 Å². The fourth-order valence-corrected chi connectivity index (χ4v) is 7.56. The van der Waals surface area contributed by atoms with Crippen molar-refractivity contribution in [3.05, 3.63) is 142 Å². The molecule has 0 radical (unpaired) electrons. The minimum atomic E-state index is -1.43. The van der Waals surface area contributed by atoms with Gasteiger partial charge in [-0.3, -0.25) is 0 Å². The average molecular weight is 861 g/mol. The second-order valence-corrected chi connectivity index (χ2v) is 16.0. The quantitative estimate of drug-likeness (QED) is 0.158. The number of carboxylic acids is 4. The highest BCUT2D eigenvalue weighted by Crippen LogP contribution is 2.44. The van der Waals surface area contributed by atoms with E-state index in [-0.39, 0.29) is 22.3 Å². The molecule has 4 aromatic rings. The summed E-state index contributed by atoms with van der Waals surface area (Å²) in [6, 6.07) is 30.6. The second kappa shape index (κ2) is 17.2. The number of benzene rings is 6. The fraction of sp³-hybridized carbons (Fsp3) is 0.160. The third-order valence-corrected chi connectivity index (χ3v) is 11.0. The molecule has 0 fully saturated rings. The molecule has 0 unspecified atom stereocenters. The van der Waals surface area contributed by atoms with Crippen molar-refractivity contribution in [2.75, 3.05) is 66.2 Å². The van der Waals surface area contributed by atoms with E-state index in [9.17, 15) is 39.6 Å². The van der Waals surface area contributed by atoms with Gasteiger partial charge in [-0.1, -0.05) is 18.2 Å². The van der Waals surface area contributed by atoms with E-state index in [0.717, 1.165) is 39.1 Å². The Morgan fingerprint density at radius 1 is 0.484 bits per heavy atom. The summed E-state index contributed by atoms with van der Waals surface area (Å²) in [6.45, 7) is 0. The molecule has 64 heavy (non-hydrogen) atoms. The molecule has 0 aromatic heterocycles. The van der Waals surface area contributed by atoms with Crippen LogP contribution in [-0.2, 0) is 0 Å². The standard InChI is InChI=1S/2C25H22N2O5/c1-26(2)15-6-9-18-21(12-15)32-22-13-16(27(3)4)7-10-19(22)23(18)20-11-14(24(28)29)5-8-17(20)25(30)31;1-26(2)15-6-9-18-21(12-15)32-22-13-16(27(3)4)7-10-19(22)23(18)17-8-5-14(24(28)29)11-20(17)25(30)31/h2*5-13H,1-4H3,(H-,28,29,30,31). The summed E-state index contributed by atoms with van der Waals surface area (Å²) in [7, 11) is 15.4. The molecular formula is C50H44N4O10. The number of rotatable bonds is 8.